The van der Waals surface area contributed by atoms with Crippen LogP contribution in [0.25, 0.3) is 0 Å². The Bertz CT molecular complexity index is 1160. The van der Waals surface area contributed by atoms with Gasteiger partial charge in [0.25, 0.3) is 0 Å². The lowest BCUT2D eigenvalue weighted by Crippen LogP contribution is -2.33. The molecule has 3 aromatic carbocycles. The van der Waals surface area contributed by atoms with Crippen LogP contribution in [0, 0.1) is 0 Å². The third-order valence-electron chi connectivity index (χ3n) is 5.78. The van der Waals surface area contributed by atoms with Crippen molar-refractivity contribution < 1.29 is 18.9 Å². The van der Waals surface area contributed by atoms with Crippen LogP contribution in [-0.4, -0.2) is 24.6 Å². The highest BCUT2D eigenvalue weighted by Gasteiger charge is 2.41. The van der Waals surface area contributed by atoms with Crippen LogP contribution < -0.4 is 18.9 Å². The van der Waals surface area contributed by atoms with Crippen molar-refractivity contribution in [1.29, 1.82) is 0 Å². The van der Waals surface area contributed by atoms with Gasteiger partial charge in [-0.3, -0.25) is 0 Å². The second-order valence-corrected chi connectivity index (χ2v) is 7.50. The minimum absolute atomic E-state index is 0.103. The second kappa shape index (κ2) is 6.69. The molecule has 0 aliphatic carbocycles. The predicted molar refractivity (Wildman–Crippen MR) is 111 cm³/mol. The molecule has 3 aliphatic heterocycles. The monoisotopic (exact) mass is 400 g/mol. The summed E-state index contributed by atoms with van der Waals surface area (Å²) >= 11 is 0. The summed E-state index contributed by atoms with van der Waals surface area (Å²) in [4.78, 5) is 0. The number of hydrogen-bond acceptors (Lipinski definition) is 6. The van der Waals surface area contributed by atoms with Crippen molar-refractivity contribution in [3.05, 3.63) is 83.4 Å². The van der Waals surface area contributed by atoms with Crippen LogP contribution in [0.4, 0.5) is 0 Å². The normalized spacial score (nSPS) is 20.8. The Balaban J connectivity index is 1.43. The van der Waals surface area contributed by atoms with Crippen LogP contribution in [0.3, 0.4) is 0 Å². The Morgan fingerprint density at radius 3 is 2.77 bits per heavy atom. The molecule has 0 aromatic heterocycles. The van der Waals surface area contributed by atoms with Crippen LogP contribution in [0.5, 0.6) is 23.0 Å². The van der Waals surface area contributed by atoms with Gasteiger partial charge in [0.1, 0.15) is 11.5 Å². The van der Waals surface area contributed by atoms with Gasteiger partial charge in [0, 0.05) is 23.1 Å². The molecule has 6 nitrogen and oxygen atoms in total. The van der Waals surface area contributed by atoms with Gasteiger partial charge in [-0.05, 0) is 36.4 Å². The molecule has 0 fully saturated rings. The van der Waals surface area contributed by atoms with Crippen molar-refractivity contribution in [2.24, 2.45) is 5.10 Å². The summed E-state index contributed by atoms with van der Waals surface area (Å²) in [7, 11) is 1.67. The summed E-state index contributed by atoms with van der Waals surface area (Å²) in [6, 6.07) is 22.3. The van der Waals surface area contributed by atoms with E-state index >= 15 is 0 Å². The SMILES string of the molecule is COc1cccc(C2Oc3ccccc3C3CC(c4ccc5c(c4)OCO5)=NN32)c1. The molecule has 0 radical (unpaired) electrons. The fraction of sp³-hybridized carbons (Fsp3) is 0.208. The lowest BCUT2D eigenvalue weighted by molar-refractivity contribution is -0.0191. The summed E-state index contributed by atoms with van der Waals surface area (Å²) in [6.45, 7) is 0.263. The first-order valence-electron chi connectivity index (χ1n) is 9.95. The molecule has 0 bridgehead atoms. The van der Waals surface area contributed by atoms with E-state index in [4.69, 9.17) is 24.0 Å². The molecule has 30 heavy (non-hydrogen) atoms. The molecule has 0 saturated carbocycles. The Hall–Kier alpha value is -3.67. The Morgan fingerprint density at radius 1 is 0.933 bits per heavy atom. The van der Waals surface area contributed by atoms with Gasteiger partial charge in [0.2, 0.25) is 13.0 Å². The van der Waals surface area contributed by atoms with Gasteiger partial charge in [-0.1, -0.05) is 30.3 Å². The third kappa shape index (κ3) is 2.68. The van der Waals surface area contributed by atoms with E-state index < -0.39 is 0 Å². The molecule has 150 valence electrons. The molecule has 3 heterocycles. The number of hydrogen-bond donors (Lipinski definition) is 0. The van der Waals surface area contributed by atoms with Crippen molar-refractivity contribution >= 4 is 5.71 Å². The summed E-state index contributed by atoms with van der Waals surface area (Å²) in [5.74, 6) is 3.23. The summed E-state index contributed by atoms with van der Waals surface area (Å²) in [5, 5.41) is 7.07. The Kier molecular flexibility index (Phi) is 3.84. The zero-order valence-electron chi connectivity index (χ0n) is 16.4. The fourth-order valence-electron chi connectivity index (χ4n) is 4.30. The van der Waals surface area contributed by atoms with Gasteiger partial charge in [-0.2, -0.15) is 5.10 Å². The van der Waals surface area contributed by atoms with Crippen molar-refractivity contribution in [1.82, 2.24) is 5.01 Å². The van der Waals surface area contributed by atoms with Crippen LogP contribution in [-0.2, 0) is 0 Å². The summed E-state index contributed by atoms with van der Waals surface area (Å²) < 4.78 is 22.8. The first-order chi connectivity index (χ1) is 14.8. The number of para-hydroxylation sites is 1. The Labute approximate surface area is 174 Å². The minimum atomic E-state index is -0.327. The van der Waals surface area contributed by atoms with Crippen LogP contribution >= 0.6 is 0 Å². The maximum absolute atomic E-state index is 6.41. The fourth-order valence-corrected chi connectivity index (χ4v) is 4.30. The molecular weight excluding hydrogens is 380 g/mol. The molecule has 2 unspecified atom stereocenters. The number of ether oxygens (including phenoxy) is 4. The van der Waals surface area contributed by atoms with E-state index in [9.17, 15) is 0 Å². The highest BCUT2D eigenvalue weighted by molar-refractivity contribution is 6.02. The first kappa shape index (κ1) is 17.2. The van der Waals surface area contributed by atoms with E-state index in [1.54, 1.807) is 7.11 Å². The lowest BCUT2D eigenvalue weighted by Gasteiger charge is -2.38. The van der Waals surface area contributed by atoms with Gasteiger partial charge in [0.05, 0.1) is 18.9 Å². The van der Waals surface area contributed by atoms with Crippen molar-refractivity contribution in [2.75, 3.05) is 13.9 Å². The molecule has 0 amide bonds. The average molecular weight is 400 g/mol. The van der Waals surface area contributed by atoms with Crippen molar-refractivity contribution in [2.45, 2.75) is 18.7 Å². The first-order valence-corrected chi connectivity index (χ1v) is 9.95. The van der Waals surface area contributed by atoms with Gasteiger partial charge < -0.3 is 18.9 Å². The molecule has 3 aliphatic rings. The van der Waals surface area contributed by atoms with Gasteiger partial charge in [-0.25, -0.2) is 5.01 Å². The standard InChI is InChI=1S/C24H20N2O4/c1-27-17-6-4-5-16(11-17)24-26-20(18-7-2-3-8-21(18)30-24)13-19(25-26)15-9-10-22-23(12-15)29-14-28-22/h2-12,20,24H,13-14H2,1H3. The summed E-state index contributed by atoms with van der Waals surface area (Å²) in [6.07, 6.45) is 0.465. The van der Waals surface area contributed by atoms with E-state index in [1.807, 2.05) is 60.7 Å². The number of rotatable bonds is 3. The molecular formula is C24H20N2O4. The smallest absolute Gasteiger partial charge is 0.231 e. The number of methoxy groups -OCH3 is 1. The third-order valence-corrected chi connectivity index (χ3v) is 5.78. The summed E-state index contributed by atoms with van der Waals surface area (Å²) in [5.41, 5.74) is 4.20. The van der Waals surface area contributed by atoms with Gasteiger partial charge >= 0.3 is 0 Å². The van der Waals surface area contributed by atoms with E-state index in [0.29, 0.717) is 0 Å². The van der Waals surface area contributed by atoms with Crippen molar-refractivity contribution in [3.8, 4) is 23.0 Å². The lowest BCUT2D eigenvalue weighted by atomic mass is 9.96. The van der Waals surface area contributed by atoms with Crippen LogP contribution in [0.15, 0.2) is 71.8 Å². The largest absolute Gasteiger partial charge is 0.497 e. The molecule has 3 aromatic rings. The molecule has 0 saturated heterocycles. The highest BCUT2D eigenvalue weighted by atomic mass is 16.7. The molecule has 0 N–H and O–H groups in total. The van der Waals surface area contributed by atoms with Crippen LogP contribution in [0.2, 0.25) is 0 Å². The Morgan fingerprint density at radius 2 is 1.83 bits per heavy atom. The van der Waals surface area contributed by atoms with Crippen molar-refractivity contribution in [3.63, 3.8) is 0 Å². The molecule has 0 spiro atoms. The number of fused-ring (bicyclic) bond motifs is 4. The molecule has 6 heteroatoms. The van der Waals surface area contributed by atoms with Crippen LogP contribution in [0.1, 0.15) is 35.4 Å². The zero-order chi connectivity index (χ0) is 20.1. The quantitative estimate of drug-likeness (QED) is 0.640. The minimum Gasteiger partial charge on any atom is -0.497 e. The predicted octanol–water partition coefficient (Wildman–Crippen LogP) is 4.67. The van der Waals surface area contributed by atoms with Gasteiger partial charge in [-0.15, -0.1) is 0 Å². The van der Waals surface area contributed by atoms with E-state index in [-0.39, 0.29) is 19.1 Å². The van der Waals surface area contributed by atoms with E-state index in [1.165, 1.54) is 0 Å². The topological polar surface area (TPSA) is 52.5 Å². The number of benzene rings is 3. The average Bonchev–Trinajstić information content (AvgIpc) is 3.45. The maximum atomic E-state index is 6.41. The maximum Gasteiger partial charge on any atom is 0.231 e. The van der Waals surface area contributed by atoms with E-state index in [2.05, 4.69) is 11.1 Å². The van der Waals surface area contributed by atoms with Gasteiger partial charge in [0.15, 0.2) is 11.5 Å². The molecule has 6 rings (SSSR count). The van der Waals surface area contributed by atoms with E-state index in [0.717, 1.165) is 51.8 Å². The molecule has 2 atom stereocenters. The number of hydrazone groups is 1. The second-order valence-electron chi connectivity index (χ2n) is 7.50. The zero-order valence-corrected chi connectivity index (χ0v) is 16.4. The highest BCUT2D eigenvalue weighted by Crippen LogP contribution is 2.48. The number of nitrogens with zero attached hydrogens (tertiary/aromatic N) is 2.